The molecular weight excluding hydrogens is 325 g/mol. The molecule has 0 bridgehead atoms. The largest absolute Gasteiger partial charge is 0.459 e. The lowest BCUT2D eigenvalue weighted by Crippen LogP contribution is -2.52. The molecule has 25 heavy (non-hydrogen) atoms. The van der Waals surface area contributed by atoms with Gasteiger partial charge in [0.15, 0.2) is 5.76 Å². The second kappa shape index (κ2) is 7.94. The topological polar surface area (TPSA) is 65.8 Å². The third kappa shape index (κ3) is 4.45. The van der Waals surface area contributed by atoms with Crippen LogP contribution in [0.25, 0.3) is 0 Å². The van der Waals surface area contributed by atoms with Crippen LogP contribution in [-0.2, 0) is 11.3 Å². The molecule has 1 N–H and O–H groups in total. The normalized spacial score (nSPS) is 14.6. The Labute approximate surface area is 145 Å². The molecule has 2 heterocycles. The van der Waals surface area contributed by atoms with Crippen molar-refractivity contribution in [2.24, 2.45) is 0 Å². The number of carbonyl (C=O) groups excluding carboxylic acids is 2. The van der Waals surface area contributed by atoms with Crippen LogP contribution < -0.4 is 5.32 Å². The van der Waals surface area contributed by atoms with E-state index in [0.717, 1.165) is 5.56 Å². The number of hydrogen-bond acceptors (Lipinski definition) is 4. The number of nitrogens with zero attached hydrogens (tertiary/aromatic N) is 2. The fraction of sp³-hybridized carbons (Fsp3) is 0.333. The maximum atomic E-state index is 12.8. The minimum atomic E-state index is -0.276. The van der Waals surface area contributed by atoms with Crippen LogP contribution in [0.2, 0.25) is 0 Å². The summed E-state index contributed by atoms with van der Waals surface area (Å²) in [5, 5.41) is 3.07. The fourth-order valence-corrected chi connectivity index (χ4v) is 2.74. The highest BCUT2D eigenvalue weighted by Crippen LogP contribution is 2.09. The molecule has 2 amide bonds. The van der Waals surface area contributed by atoms with Crippen LogP contribution in [0.3, 0.4) is 0 Å². The Hall–Kier alpha value is -2.67. The van der Waals surface area contributed by atoms with Gasteiger partial charge >= 0.3 is 0 Å². The molecule has 1 fully saturated rings. The summed E-state index contributed by atoms with van der Waals surface area (Å²) in [6.45, 7) is 2.70. The van der Waals surface area contributed by atoms with Gasteiger partial charge in [0.2, 0.25) is 5.91 Å². The van der Waals surface area contributed by atoms with Crippen LogP contribution in [0.15, 0.2) is 47.1 Å². The molecule has 2 aromatic rings. The minimum Gasteiger partial charge on any atom is -0.459 e. The van der Waals surface area contributed by atoms with Crippen molar-refractivity contribution < 1.29 is 18.4 Å². The van der Waals surface area contributed by atoms with Crippen LogP contribution in [-0.4, -0.2) is 54.3 Å². The molecule has 0 atom stereocenters. The van der Waals surface area contributed by atoms with E-state index in [1.807, 2.05) is 0 Å². The van der Waals surface area contributed by atoms with Crippen LogP contribution in [0.1, 0.15) is 16.1 Å². The van der Waals surface area contributed by atoms with Crippen molar-refractivity contribution in [2.45, 2.75) is 6.54 Å². The summed E-state index contributed by atoms with van der Waals surface area (Å²) in [4.78, 5) is 27.8. The monoisotopic (exact) mass is 345 g/mol. The second-order valence-corrected chi connectivity index (χ2v) is 5.88. The van der Waals surface area contributed by atoms with E-state index in [-0.39, 0.29) is 24.2 Å². The zero-order valence-corrected chi connectivity index (χ0v) is 13.8. The van der Waals surface area contributed by atoms with Gasteiger partial charge in [-0.1, -0.05) is 12.1 Å². The van der Waals surface area contributed by atoms with Crippen LogP contribution >= 0.6 is 0 Å². The Kier molecular flexibility index (Phi) is 5.45. The van der Waals surface area contributed by atoms with Crippen molar-refractivity contribution in [3.05, 3.63) is 59.8 Å². The van der Waals surface area contributed by atoms with E-state index in [1.54, 1.807) is 34.1 Å². The molecule has 0 spiro atoms. The Bertz CT molecular complexity index is 708. The summed E-state index contributed by atoms with van der Waals surface area (Å²) in [6.07, 6.45) is 1.47. The lowest BCUT2D eigenvalue weighted by atomic mass is 10.2. The number of hydrogen-bond donors (Lipinski definition) is 1. The number of carbonyl (C=O) groups is 2. The van der Waals surface area contributed by atoms with Gasteiger partial charge in [0.05, 0.1) is 12.8 Å². The number of nitrogens with one attached hydrogen (secondary N) is 1. The molecule has 0 unspecified atom stereocenters. The summed E-state index contributed by atoms with van der Waals surface area (Å²) < 4.78 is 18.0. The summed E-state index contributed by atoms with van der Waals surface area (Å²) in [7, 11) is 0. The molecular formula is C18H20FN3O3. The number of benzene rings is 1. The quantitative estimate of drug-likeness (QED) is 0.892. The van der Waals surface area contributed by atoms with Crippen molar-refractivity contribution in [1.29, 1.82) is 0 Å². The zero-order chi connectivity index (χ0) is 17.6. The Morgan fingerprint density at radius 3 is 2.36 bits per heavy atom. The predicted octanol–water partition coefficient (Wildman–Crippen LogP) is 1.49. The molecule has 7 heteroatoms. The Balaban J connectivity index is 1.41. The van der Waals surface area contributed by atoms with Crippen molar-refractivity contribution >= 4 is 11.8 Å². The van der Waals surface area contributed by atoms with Crippen LogP contribution in [0, 0.1) is 5.82 Å². The van der Waals surface area contributed by atoms with Crippen molar-refractivity contribution in [3.63, 3.8) is 0 Å². The highest BCUT2D eigenvalue weighted by Gasteiger charge is 2.25. The molecule has 0 saturated carbocycles. The maximum absolute atomic E-state index is 12.8. The van der Waals surface area contributed by atoms with E-state index in [4.69, 9.17) is 4.42 Å². The third-order valence-electron chi connectivity index (χ3n) is 4.17. The summed E-state index contributed by atoms with van der Waals surface area (Å²) >= 11 is 0. The van der Waals surface area contributed by atoms with E-state index < -0.39 is 0 Å². The first-order valence-electron chi connectivity index (χ1n) is 8.19. The van der Waals surface area contributed by atoms with Gasteiger partial charge in [0.1, 0.15) is 5.82 Å². The van der Waals surface area contributed by atoms with Crippen LogP contribution in [0.4, 0.5) is 4.39 Å². The molecule has 1 aliphatic rings. The Morgan fingerprint density at radius 2 is 1.72 bits per heavy atom. The van der Waals surface area contributed by atoms with Gasteiger partial charge in [-0.05, 0) is 29.8 Å². The predicted molar refractivity (Wildman–Crippen MR) is 89.3 cm³/mol. The second-order valence-electron chi connectivity index (χ2n) is 5.88. The first-order chi connectivity index (χ1) is 12.1. The molecule has 1 aromatic heterocycles. The molecule has 3 rings (SSSR count). The lowest BCUT2D eigenvalue weighted by molar-refractivity contribution is -0.131. The van der Waals surface area contributed by atoms with Gasteiger partial charge < -0.3 is 19.5 Å². The molecule has 1 aromatic carbocycles. The summed E-state index contributed by atoms with van der Waals surface area (Å²) in [5.74, 6) is -0.110. The number of rotatable bonds is 5. The SMILES string of the molecule is O=C(CNCc1ccc(F)cc1)N1CCN(C(=O)c2ccco2)CC1. The molecule has 1 saturated heterocycles. The minimum absolute atomic E-state index is 0.00721. The highest BCUT2D eigenvalue weighted by molar-refractivity contribution is 5.91. The standard InChI is InChI=1S/C18H20FN3O3/c19-15-5-3-14(4-6-15)12-20-13-17(23)21-7-9-22(10-8-21)18(24)16-2-1-11-25-16/h1-6,11,20H,7-10,12-13H2. The maximum Gasteiger partial charge on any atom is 0.289 e. The van der Waals surface area contributed by atoms with Crippen molar-refractivity contribution in [1.82, 2.24) is 15.1 Å². The van der Waals surface area contributed by atoms with Gasteiger partial charge in [-0.25, -0.2) is 4.39 Å². The first-order valence-corrected chi connectivity index (χ1v) is 8.19. The van der Waals surface area contributed by atoms with E-state index in [0.29, 0.717) is 38.5 Å². The summed E-state index contributed by atoms with van der Waals surface area (Å²) in [6, 6.07) is 9.48. The highest BCUT2D eigenvalue weighted by atomic mass is 19.1. The van der Waals surface area contributed by atoms with Gasteiger partial charge in [-0.2, -0.15) is 0 Å². The van der Waals surface area contributed by atoms with Gasteiger partial charge in [-0.15, -0.1) is 0 Å². The Morgan fingerprint density at radius 1 is 1.04 bits per heavy atom. The molecule has 1 aliphatic heterocycles. The molecule has 6 nitrogen and oxygen atoms in total. The third-order valence-corrected chi connectivity index (χ3v) is 4.17. The average molecular weight is 345 g/mol. The van der Waals surface area contributed by atoms with Crippen LogP contribution in [0.5, 0.6) is 0 Å². The van der Waals surface area contributed by atoms with Crippen molar-refractivity contribution in [2.75, 3.05) is 32.7 Å². The lowest BCUT2D eigenvalue weighted by Gasteiger charge is -2.34. The number of amides is 2. The van der Waals surface area contributed by atoms with Gasteiger partial charge in [0, 0.05) is 32.7 Å². The first kappa shape index (κ1) is 17.2. The van der Waals surface area contributed by atoms with E-state index in [1.165, 1.54) is 18.4 Å². The van der Waals surface area contributed by atoms with Gasteiger partial charge in [-0.3, -0.25) is 9.59 Å². The van der Waals surface area contributed by atoms with E-state index in [2.05, 4.69) is 5.32 Å². The number of halogens is 1. The smallest absolute Gasteiger partial charge is 0.289 e. The van der Waals surface area contributed by atoms with E-state index >= 15 is 0 Å². The van der Waals surface area contributed by atoms with E-state index in [9.17, 15) is 14.0 Å². The zero-order valence-electron chi connectivity index (χ0n) is 13.8. The molecule has 0 aliphatic carbocycles. The molecule has 132 valence electrons. The fourth-order valence-electron chi connectivity index (χ4n) is 2.74. The number of piperazine rings is 1. The molecule has 0 radical (unpaired) electrons. The number of furan rings is 1. The van der Waals surface area contributed by atoms with Crippen molar-refractivity contribution in [3.8, 4) is 0 Å². The van der Waals surface area contributed by atoms with Gasteiger partial charge in [0.25, 0.3) is 5.91 Å². The summed E-state index contributed by atoms with van der Waals surface area (Å²) in [5.41, 5.74) is 0.920. The average Bonchev–Trinajstić information content (AvgIpc) is 3.17.